The maximum absolute atomic E-state index is 13.0. The summed E-state index contributed by atoms with van der Waals surface area (Å²) in [5, 5.41) is 0. The van der Waals surface area contributed by atoms with Gasteiger partial charge in [0.2, 0.25) is 0 Å². The average Bonchev–Trinajstić information content (AvgIpc) is 2.40. The van der Waals surface area contributed by atoms with Gasteiger partial charge in [-0.2, -0.15) is 26.3 Å². The monoisotopic (exact) mass is 336 g/mol. The van der Waals surface area contributed by atoms with Gasteiger partial charge >= 0.3 is 12.4 Å². The molecule has 0 aromatic heterocycles. The number of rotatable bonds is 2. The number of nitrogens with two attached hydrogens (primary N) is 2. The van der Waals surface area contributed by atoms with Crippen LogP contribution in [0.1, 0.15) is 11.1 Å². The molecule has 124 valence electrons. The van der Waals surface area contributed by atoms with E-state index in [-0.39, 0.29) is 0 Å². The van der Waals surface area contributed by atoms with Crippen LogP contribution in [0, 0.1) is 0 Å². The summed E-state index contributed by atoms with van der Waals surface area (Å²) < 4.78 is 82.7. The van der Waals surface area contributed by atoms with Gasteiger partial charge in [-0.1, -0.05) is 12.1 Å². The predicted octanol–water partition coefficient (Wildman–Crippen LogP) is 4.68. The van der Waals surface area contributed by atoms with Crippen molar-refractivity contribution in [3.63, 3.8) is 0 Å². The Bertz CT molecular complexity index is 663. The van der Waals surface area contributed by atoms with Gasteiger partial charge in [0.05, 0.1) is 11.4 Å². The fraction of sp³-hybridized carbons (Fsp3) is 0.143. The van der Waals surface area contributed by atoms with Crippen molar-refractivity contribution in [3.05, 3.63) is 47.5 Å². The second-order valence-electron chi connectivity index (χ2n) is 4.55. The molecule has 4 N–H and O–H groups in total. The molecule has 0 heterocycles. The van der Waals surface area contributed by atoms with E-state index in [1.807, 2.05) is 0 Å². The van der Waals surface area contributed by atoms with Crippen LogP contribution in [0.15, 0.2) is 36.4 Å². The van der Waals surface area contributed by atoms with Gasteiger partial charge in [0.25, 0.3) is 0 Å². The molecule has 0 aliphatic rings. The minimum Gasteiger partial charge on any atom is -0.452 e. The second kappa shape index (κ2) is 5.56. The summed E-state index contributed by atoms with van der Waals surface area (Å²) in [6.07, 6.45) is -9.71. The molecule has 23 heavy (non-hydrogen) atoms. The molecule has 0 unspecified atom stereocenters. The normalized spacial score (nSPS) is 12.3. The van der Waals surface area contributed by atoms with Crippen LogP contribution in [0.5, 0.6) is 11.5 Å². The summed E-state index contributed by atoms with van der Waals surface area (Å²) in [6.45, 7) is 0. The Balaban J connectivity index is 2.62. The van der Waals surface area contributed by atoms with Crippen molar-refractivity contribution in [2.24, 2.45) is 0 Å². The van der Waals surface area contributed by atoms with E-state index in [0.29, 0.717) is 12.1 Å². The third-order valence-corrected chi connectivity index (χ3v) is 2.91. The Morgan fingerprint density at radius 1 is 0.652 bits per heavy atom. The highest BCUT2D eigenvalue weighted by atomic mass is 19.4. The van der Waals surface area contributed by atoms with Gasteiger partial charge in [0, 0.05) is 0 Å². The van der Waals surface area contributed by atoms with E-state index in [1.165, 1.54) is 0 Å². The van der Waals surface area contributed by atoms with Gasteiger partial charge in [-0.05, 0) is 24.3 Å². The van der Waals surface area contributed by atoms with Crippen molar-refractivity contribution >= 4 is 11.4 Å². The van der Waals surface area contributed by atoms with E-state index in [4.69, 9.17) is 16.2 Å². The molecule has 0 saturated carbocycles. The number of hydrogen-bond donors (Lipinski definition) is 2. The van der Waals surface area contributed by atoms with Crippen LogP contribution >= 0.6 is 0 Å². The Morgan fingerprint density at radius 2 is 1.00 bits per heavy atom. The van der Waals surface area contributed by atoms with Crippen LogP contribution in [-0.2, 0) is 12.4 Å². The van der Waals surface area contributed by atoms with Crippen molar-refractivity contribution in [3.8, 4) is 11.5 Å². The highest BCUT2D eigenvalue weighted by Gasteiger charge is 2.38. The van der Waals surface area contributed by atoms with Crippen LogP contribution < -0.4 is 16.2 Å². The maximum atomic E-state index is 13.0. The lowest BCUT2D eigenvalue weighted by Gasteiger charge is -2.19. The summed E-state index contributed by atoms with van der Waals surface area (Å²) in [4.78, 5) is 0. The number of nitrogen functional groups attached to an aromatic ring is 2. The van der Waals surface area contributed by atoms with Crippen molar-refractivity contribution in [2.45, 2.75) is 12.4 Å². The molecule has 0 atom stereocenters. The maximum Gasteiger partial charge on any atom is 0.420 e. The Kier molecular flexibility index (Phi) is 4.06. The topological polar surface area (TPSA) is 61.3 Å². The molecule has 0 radical (unpaired) electrons. The molecule has 0 fully saturated rings. The summed E-state index contributed by atoms with van der Waals surface area (Å²) >= 11 is 0. The van der Waals surface area contributed by atoms with E-state index in [0.717, 1.165) is 24.3 Å². The highest BCUT2D eigenvalue weighted by molar-refractivity contribution is 5.64. The second-order valence-corrected chi connectivity index (χ2v) is 4.55. The van der Waals surface area contributed by atoms with Gasteiger partial charge < -0.3 is 16.2 Å². The van der Waals surface area contributed by atoms with Crippen LogP contribution in [0.25, 0.3) is 0 Å². The quantitative estimate of drug-likeness (QED) is 0.618. The first-order chi connectivity index (χ1) is 10.5. The fourth-order valence-corrected chi connectivity index (χ4v) is 1.89. The molecule has 0 spiro atoms. The van der Waals surface area contributed by atoms with Crippen molar-refractivity contribution < 1.29 is 31.1 Å². The number of hydrogen-bond acceptors (Lipinski definition) is 3. The number of ether oxygens (including phenoxy) is 1. The van der Waals surface area contributed by atoms with Gasteiger partial charge in [-0.25, -0.2) is 0 Å². The van der Waals surface area contributed by atoms with Gasteiger partial charge in [0.1, 0.15) is 11.1 Å². The Morgan fingerprint density at radius 3 is 1.30 bits per heavy atom. The third kappa shape index (κ3) is 3.43. The molecule has 0 amide bonds. The third-order valence-electron chi connectivity index (χ3n) is 2.91. The summed E-state index contributed by atoms with van der Waals surface area (Å²) in [5.41, 5.74) is 7.34. The zero-order chi connectivity index (χ0) is 17.4. The predicted molar refractivity (Wildman–Crippen MR) is 71.8 cm³/mol. The first-order valence-corrected chi connectivity index (χ1v) is 6.11. The Labute approximate surface area is 126 Å². The average molecular weight is 336 g/mol. The van der Waals surface area contributed by atoms with Gasteiger partial charge in [-0.3, -0.25) is 0 Å². The molecule has 3 nitrogen and oxygen atoms in total. The molecule has 2 aromatic rings. The number of para-hydroxylation sites is 2. The smallest absolute Gasteiger partial charge is 0.420 e. The van der Waals surface area contributed by atoms with Crippen LogP contribution in [0.2, 0.25) is 0 Å². The standard InChI is InChI=1S/C14H10F6N2O/c15-13(16,17)7-3-1-5-9(21)11(7)23-12-8(14(18,19)20)4-2-6-10(12)22/h1-6H,21-22H2. The number of anilines is 2. The van der Waals surface area contributed by atoms with Gasteiger partial charge in [-0.15, -0.1) is 0 Å². The molecule has 0 saturated heterocycles. The molecule has 0 aliphatic heterocycles. The zero-order valence-corrected chi connectivity index (χ0v) is 11.3. The van der Waals surface area contributed by atoms with Gasteiger partial charge in [0.15, 0.2) is 11.5 Å². The number of halogens is 6. The molecule has 0 aliphatic carbocycles. The highest BCUT2D eigenvalue weighted by Crippen LogP contribution is 2.46. The minimum absolute atomic E-state index is 0.462. The lowest BCUT2D eigenvalue weighted by molar-refractivity contribution is -0.139. The Hall–Kier alpha value is -2.58. The number of alkyl halides is 6. The van der Waals surface area contributed by atoms with Crippen LogP contribution in [0.3, 0.4) is 0 Å². The number of benzene rings is 2. The van der Waals surface area contributed by atoms with Crippen molar-refractivity contribution in [2.75, 3.05) is 11.5 Å². The molecule has 2 rings (SSSR count). The van der Waals surface area contributed by atoms with E-state index < -0.39 is 46.4 Å². The zero-order valence-electron chi connectivity index (χ0n) is 11.3. The van der Waals surface area contributed by atoms with Crippen molar-refractivity contribution in [1.29, 1.82) is 0 Å². The SMILES string of the molecule is Nc1cccc(C(F)(F)F)c1Oc1c(N)cccc1C(F)(F)F. The van der Waals surface area contributed by atoms with Crippen LogP contribution in [0.4, 0.5) is 37.7 Å². The lowest BCUT2D eigenvalue weighted by Crippen LogP contribution is -2.12. The van der Waals surface area contributed by atoms with Crippen molar-refractivity contribution in [1.82, 2.24) is 0 Å². The molecule has 9 heteroatoms. The van der Waals surface area contributed by atoms with E-state index in [9.17, 15) is 26.3 Å². The van der Waals surface area contributed by atoms with E-state index in [2.05, 4.69) is 0 Å². The molecule has 0 bridgehead atoms. The summed E-state index contributed by atoms with van der Waals surface area (Å²) in [7, 11) is 0. The van der Waals surface area contributed by atoms with E-state index in [1.54, 1.807) is 0 Å². The molecular weight excluding hydrogens is 326 g/mol. The molecule has 2 aromatic carbocycles. The van der Waals surface area contributed by atoms with E-state index >= 15 is 0 Å². The van der Waals surface area contributed by atoms with Crippen LogP contribution in [-0.4, -0.2) is 0 Å². The lowest BCUT2D eigenvalue weighted by atomic mass is 10.1. The summed E-state index contributed by atoms with van der Waals surface area (Å²) in [6, 6.07) is 5.50. The fourth-order valence-electron chi connectivity index (χ4n) is 1.89. The minimum atomic E-state index is -4.85. The largest absolute Gasteiger partial charge is 0.452 e. The summed E-state index contributed by atoms with van der Waals surface area (Å²) in [5.74, 6) is -1.85. The first-order valence-electron chi connectivity index (χ1n) is 6.11. The molecular formula is C14H10F6N2O. The first kappa shape index (κ1) is 16.8.